The van der Waals surface area contributed by atoms with E-state index in [1.54, 1.807) is 11.5 Å². The third-order valence-corrected chi connectivity index (χ3v) is 5.89. The number of piperidine rings is 3. The topological polar surface area (TPSA) is 16.1 Å². The zero-order chi connectivity index (χ0) is 13.5. The van der Waals surface area contributed by atoms with Crippen molar-refractivity contribution in [1.82, 2.24) is 9.27 Å². The van der Waals surface area contributed by atoms with Crippen molar-refractivity contribution >= 4 is 21.6 Å². The molecule has 0 spiro atoms. The van der Waals surface area contributed by atoms with Gasteiger partial charge in [-0.3, -0.25) is 0 Å². The van der Waals surface area contributed by atoms with Crippen LogP contribution in [0.5, 0.6) is 0 Å². The smallest absolute Gasteiger partial charge is 0.0661 e. The van der Waals surface area contributed by atoms with E-state index in [-0.39, 0.29) is 0 Å². The zero-order valence-corrected chi connectivity index (χ0v) is 12.5. The number of aromatic nitrogens is 1. The molecule has 0 radical (unpaired) electrons. The molecule has 1 aromatic heterocycles. The number of rotatable bonds is 3. The highest BCUT2D eigenvalue weighted by molar-refractivity contribution is 7.13. The number of hydrogen-bond donors (Lipinski definition) is 0. The summed E-state index contributed by atoms with van der Waals surface area (Å²) in [5, 5.41) is 1.32. The molecule has 0 saturated carbocycles. The van der Waals surface area contributed by atoms with Crippen LogP contribution < -0.4 is 0 Å². The van der Waals surface area contributed by atoms with Gasteiger partial charge in [-0.25, -0.2) is 0 Å². The first kappa shape index (κ1) is 12.5. The molecular weight excluding hydrogens is 264 g/mol. The Kier molecular flexibility index (Phi) is 3.12. The van der Waals surface area contributed by atoms with Gasteiger partial charge in [-0.15, -0.1) is 0 Å². The molecule has 1 unspecified atom stereocenters. The standard InChI is InChI=1S/C17H20N2S/c1-12(15-11-19-8-6-13(15)7-9-19)10-16-14-4-2-3-5-17(14)20-18-16/h2-5,13,15H,1,6-11H2. The van der Waals surface area contributed by atoms with E-state index in [0.29, 0.717) is 5.92 Å². The minimum atomic E-state index is 0.693. The molecular formula is C17H20N2S. The molecule has 2 aromatic rings. The fraction of sp³-hybridized carbons (Fsp3) is 0.471. The molecule has 3 fully saturated rings. The molecule has 4 heterocycles. The lowest BCUT2D eigenvalue weighted by Gasteiger charge is -2.45. The first-order valence-corrected chi connectivity index (χ1v) is 8.32. The summed E-state index contributed by atoms with van der Waals surface area (Å²) >= 11 is 1.62. The van der Waals surface area contributed by atoms with E-state index in [0.717, 1.165) is 12.3 Å². The first-order valence-electron chi connectivity index (χ1n) is 7.54. The Labute approximate surface area is 124 Å². The van der Waals surface area contributed by atoms with Crippen molar-refractivity contribution in [3.05, 3.63) is 42.1 Å². The summed E-state index contributed by atoms with van der Waals surface area (Å²) < 4.78 is 5.96. The van der Waals surface area contributed by atoms with Crippen molar-refractivity contribution in [2.45, 2.75) is 19.3 Å². The second-order valence-corrected chi connectivity index (χ2v) is 7.01. The normalized spacial score (nSPS) is 28.9. The molecule has 0 N–H and O–H groups in total. The van der Waals surface area contributed by atoms with Gasteiger partial charge in [0.25, 0.3) is 0 Å². The van der Waals surface area contributed by atoms with E-state index >= 15 is 0 Å². The SMILES string of the molecule is C=C(Cc1nsc2ccccc12)C1CN2CCC1CC2. The van der Waals surface area contributed by atoms with Crippen LogP contribution in [-0.2, 0) is 6.42 Å². The summed E-state index contributed by atoms with van der Waals surface area (Å²) in [5.74, 6) is 1.57. The molecule has 1 aromatic carbocycles. The molecule has 3 aliphatic rings. The lowest BCUT2D eigenvalue weighted by molar-refractivity contribution is 0.0675. The third kappa shape index (κ3) is 2.09. The fourth-order valence-corrected chi connectivity index (χ4v) is 4.63. The van der Waals surface area contributed by atoms with Crippen molar-refractivity contribution in [3.63, 3.8) is 0 Å². The summed E-state index contributed by atoms with van der Waals surface area (Å²) in [4.78, 5) is 2.61. The summed E-state index contributed by atoms with van der Waals surface area (Å²) in [5.41, 5.74) is 2.63. The molecule has 3 heteroatoms. The highest BCUT2D eigenvalue weighted by Gasteiger charge is 2.35. The van der Waals surface area contributed by atoms with Crippen LogP contribution in [0.1, 0.15) is 18.5 Å². The number of benzene rings is 1. The Hall–Kier alpha value is -1.19. The molecule has 0 aliphatic carbocycles. The van der Waals surface area contributed by atoms with Gasteiger partial charge in [0.15, 0.2) is 0 Å². The summed E-state index contributed by atoms with van der Waals surface area (Å²) in [6.45, 7) is 8.24. The minimum Gasteiger partial charge on any atom is -0.303 e. The monoisotopic (exact) mass is 284 g/mol. The average molecular weight is 284 g/mol. The molecule has 2 nitrogen and oxygen atoms in total. The molecule has 104 valence electrons. The van der Waals surface area contributed by atoms with Gasteiger partial charge in [0.2, 0.25) is 0 Å². The van der Waals surface area contributed by atoms with E-state index in [1.165, 1.54) is 53.8 Å². The molecule has 3 saturated heterocycles. The van der Waals surface area contributed by atoms with Crippen molar-refractivity contribution in [1.29, 1.82) is 0 Å². The number of fused-ring (bicyclic) bond motifs is 4. The van der Waals surface area contributed by atoms with Crippen molar-refractivity contribution in [2.24, 2.45) is 11.8 Å². The second-order valence-electron chi connectivity index (χ2n) is 6.20. The van der Waals surface area contributed by atoms with Crippen molar-refractivity contribution in [3.8, 4) is 0 Å². The lowest BCUT2D eigenvalue weighted by Crippen LogP contribution is -2.48. The maximum Gasteiger partial charge on any atom is 0.0661 e. The average Bonchev–Trinajstić information content (AvgIpc) is 2.92. The Morgan fingerprint density at radius 2 is 2.10 bits per heavy atom. The van der Waals surface area contributed by atoms with Gasteiger partial charge in [-0.1, -0.05) is 30.4 Å². The predicted octanol–water partition coefficient (Wildman–Crippen LogP) is 3.74. The Balaban J connectivity index is 1.55. The minimum absolute atomic E-state index is 0.693. The summed E-state index contributed by atoms with van der Waals surface area (Å²) in [6.07, 6.45) is 3.68. The highest BCUT2D eigenvalue weighted by atomic mass is 32.1. The highest BCUT2D eigenvalue weighted by Crippen LogP contribution is 2.37. The van der Waals surface area contributed by atoms with Gasteiger partial charge in [-0.2, -0.15) is 4.37 Å². The lowest BCUT2D eigenvalue weighted by atomic mass is 9.74. The van der Waals surface area contributed by atoms with Crippen molar-refractivity contribution in [2.75, 3.05) is 19.6 Å². The third-order valence-electron chi connectivity index (χ3n) is 5.03. The van der Waals surface area contributed by atoms with Gasteiger partial charge in [0.05, 0.1) is 10.4 Å². The second kappa shape index (κ2) is 4.97. The molecule has 5 rings (SSSR count). The maximum absolute atomic E-state index is 4.66. The van der Waals surface area contributed by atoms with Gasteiger partial charge in [-0.05, 0) is 55.4 Å². The first-order chi connectivity index (χ1) is 9.81. The molecule has 2 bridgehead atoms. The maximum atomic E-state index is 4.66. The van der Waals surface area contributed by atoms with Crippen LogP contribution >= 0.6 is 11.5 Å². The molecule has 3 aliphatic heterocycles. The quantitative estimate of drug-likeness (QED) is 0.798. The van der Waals surface area contributed by atoms with E-state index in [9.17, 15) is 0 Å². The van der Waals surface area contributed by atoms with Gasteiger partial charge < -0.3 is 4.90 Å². The van der Waals surface area contributed by atoms with Crippen LogP contribution in [0.2, 0.25) is 0 Å². The Morgan fingerprint density at radius 3 is 2.85 bits per heavy atom. The Bertz CT molecular complexity index is 637. The summed E-state index contributed by atoms with van der Waals surface area (Å²) in [6, 6.07) is 8.55. The van der Waals surface area contributed by atoms with E-state index in [2.05, 4.69) is 40.1 Å². The van der Waals surface area contributed by atoms with E-state index in [4.69, 9.17) is 0 Å². The van der Waals surface area contributed by atoms with Crippen LogP contribution in [0.15, 0.2) is 36.4 Å². The molecule has 1 atom stereocenters. The number of hydrogen-bond acceptors (Lipinski definition) is 3. The van der Waals surface area contributed by atoms with Gasteiger partial charge in [0, 0.05) is 18.4 Å². The molecule has 20 heavy (non-hydrogen) atoms. The van der Waals surface area contributed by atoms with Crippen LogP contribution in [0, 0.1) is 11.8 Å². The van der Waals surface area contributed by atoms with Gasteiger partial charge in [0.1, 0.15) is 0 Å². The zero-order valence-electron chi connectivity index (χ0n) is 11.7. The fourth-order valence-electron chi connectivity index (χ4n) is 3.84. The Morgan fingerprint density at radius 1 is 1.30 bits per heavy atom. The predicted molar refractivity (Wildman–Crippen MR) is 85.1 cm³/mol. The number of nitrogens with zero attached hydrogens (tertiary/aromatic N) is 2. The summed E-state index contributed by atoms with van der Waals surface area (Å²) in [7, 11) is 0. The van der Waals surface area contributed by atoms with Crippen LogP contribution in [0.3, 0.4) is 0 Å². The largest absolute Gasteiger partial charge is 0.303 e. The van der Waals surface area contributed by atoms with E-state index in [1.807, 2.05) is 0 Å². The molecule has 0 amide bonds. The van der Waals surface area contributed by atoms with Crippen LogP contribution in [0.25, 0.3) is 10.1 Å². The van der Waals surface area contributed by atoms with Gasteiger partial charge >= 0.3 is 0 Å². The van der Waals surface area contributed by atoms with Crippen molar-refractivity contribution < 1.29 is 0 Å². The van der Waals surface area contributed by atoms with E-state index < -0.39 is 0 Å². The van der Waals surface area contributed by atoms with Crippen LogP contribution in [-0.4, -0.2) is 28.9 Å². The van der Waals surface area contributed by atoms with Crippen LogP contribution in [0.4, 0.5) is 0 Å².